The van der Waals surface area contributed by atoms with Gasteiger partial charge in [0.2, 0.25) is 0 Å². The number of halogens is 1. The van der Waals surface area contributed by atoms with E-state index in [-0.39, 0.29) is 35.1 Å². The van der Waals surface area contributed by atoms with Crippen molar-refractivity contribution in [1.29, 1.82) is 0 Å². The average molecular weight is 340 g/mol. The van der Waals surface area contributed by atoms with Gasteiger partial charge in [0.05, 0.1) is 17.5 Å². The van der Waals surface area contributed by atoms with Gasteiger partial charge in [-0.25, -0.2) is 12.8 Å². The van der Waals surface area contributed by atoms with Gasteiger partial charge in [-0.15, -0.1) is 0 Å². The summed E-state index contributed by atoms with van der Waals surface area (Å²) in [6.45, 7) is 4.03. The Hall–Kier alpha value is -1.47. The van der Waals surface area contributed by atoms with Crippen molar-refractivity contribution in [2.75, 3.05) is 31.1 Å². The summed E-state index contributed by atoms with van der Waals surface area (Å²) in [6.07, 6.45) is 0.946. The lowest BCUT2D eigenvalue weighted by atomic mass is 10.0. The highest BCUT2D eigenvalue weighted by Crippen LogP contribution is 2.28. The van der Waals surface area contributed by atoms with E-state index in [9.17, 15) is 17.6 Å². The second-order valence-corrected chi connectivity index (χ2v) is 8.41. The van der Waals surface area contributed by atoms with Gasteiger partial charge in [0, 0.05) is 24.7 Å². The molecule has 0 bridgehead atoms. The molecule has 126 valence electrons. The van der Waals surface area contributed by atoms with Crippen molar-refractivity contribution in [2.24, 2.45) is 0 Å². The minimum absolute atomic E-state index is 0.00105. The molecular formula is C16H21FN2O3S. The Morgan fingerprint density at radius 2 is 2.00 bits per heavy atom. The molecule has 7 heteroatoms. The molecule has 2 saturated heterocycles. The normalized spacial score (nSPS) is 27.0. The summed E-state index contributed by atoms with van der Waals surface area (Å²) in [5.41, 5.74) is 0.275. The SMILES string of the molecule is CCCN1CCN(C(=O)c2cccc(F)c2)[C@H]2CS(=O)(=O)C[C@H]21. The summed E-state index contributed by atoms with van der Waals surface area (Å²) in [5, 5.41) is 0. The number of carbonyl (C=O) groups is 1. The van der Waals surface area contributed by atoms with Crippen molar-refractivity contribution in [3.63, 3.8) is 0 Å². The quantitative estimate of drug-likeness (QED) is 0.829. The summed E-state index contributed by atoms with van der Waals surface area (Å²) in [5.74, 6) is -0.646. The number of fused-ring (bicyclic) bond motifs is 1. The van der Waals surface area contributed by atoms with Crippen molar-refractivity contribution in [1.82, 2.24) is 9.80 Å². The molecule has 23 heavy (non-hydrogen) atoms. The molecule has 0 unspecified atom stereocenters. The van der Waals surface area contributed by atoms with Crippen LogP contribution >= 0.6 is 0 Å². The molecule has 1 aromatic carbocycles. The molecule has 2 aliphatic rings. The molecule has 0 aliphatic carbocycles. The van der Waals surface area contributed by atoms with Crippen LogP contribution in [-0.4, -0.2) is 67.3 Å². The van der Waals surface area contributed by atoms with Crippen molar-refractivity contribution in [3.05, 3.63) is 35.6 Å². The van der Waals surface area contributed by atoms with Crippen LogP contribution in [0.2, 0.25) is 0 Å². The Labute approximate surface area is 136 Å². The van der Waals surface area contributed by atoms with Crippen LogP contribution in [-0.2, 0) is 9.84 Å². The summed E-state index contributed by atoms with van der Waals surface area (Å²) >= 11 is 0. The Morgan fingerprint density at radius 3 is 2.70 bits per heavy atom. The van der Waals surface area contributed by atoms with Crippen molar-refractivity contribution in [2.45, 2.75) is 25.4 Å². The first kappa shape index (κ1) is 16.4. The number of amides is 1. The molecule has 0 spiro atoms. The lowest BCUT2D eigenvalue weighted by molar-refractivity contribution is 0.0333. The maximum Gasteiger partial charge on any atom is 0.254 e. The second-order valence-electron chi connectivity index (χ2n) is 6.26. The molecule has 2 atom stereocenters. The number of carbonyl (C=O) groups excluding carboxylic acids is 1. The molecule has 1 aromatic rings. The molecule has 2 heterocycles. The molecular weight excluding hydrogens is 319 g/mol. The van der Waals surface area contributed by atoms with Crippen LogP contribution in [0.3, 0.4) is 0 Å². The zero-order valence-corrected chi connectivity index (χ0v) is 13.9. The van der Waals surface area contributed by atoms with E-state index in [0.717, 1.165) is 13.0 Å². The van der Waals surface area contributed by atoms with E-state index < -0.39 is 15.7 Å². The maximum absolute atomic E-state index is 13.4. The predicted molar refractivity (Wildman–Crippen MR) is 85.5 cm³/mol. The van der Waals surface area contributed by atoms with Gasteiger partial charge in [0.1, 0.15) is 5.82 Å². The van der Waals surface area contributed by atoms with Gasteiger partial charge in [-0.1, -0.05) is 13.0 Å². The van der Waals surface area contributed by atoms with Crippen LogP contribution in [0, 0.1) is 5.82 Å². The molecule has 0 N–H and O–H groups in total. The molecule has 2 fully saturated rings. The third kappa shape index (κ3) is 3.26. The van der Waals surface area contributed by atoms with Crippen LogP contribution < -0.4 is 0 Å². The molecule has 1 amide bonds. The fraction of sp³-hybridized carbons (Fsp3) is 0.562. The van der Waals surface area contributed by atoms with Gasteiger partial charge < -0.3 is 4.90 Å². The number of nitrogens with zero attached hydrogens (tertiary/aromatic N) is 2. The van der Waals surface area contributed by atoms with E-state index in [1.54, 1.807) is 11.0 Å². The lowest BCUT2D eigenvalue weighted by Crippen LogP contribution is -2.60. The van der Waals surface area contributed by atoms with Crippen molar-refractivity contribution < 1.29 is 17.6 Å². The number of hydrogen-bond donors (Lipinski definition) is 0. The number of sulfone groups is 1. The summed E-state index contributed by atoms with van der Waals surface area (Å²) in [4.78, 5) is 16.5. The first-order chi connectivity index (χ1) is 10.9. The Bertz CT molecular complexity index is 707. The summed E-state index contributed by atoms with van der Waals surface area (Å²) in [7, 11) is -3.15. The minimum Gasteiger partial charge on any atom is -0.332 e. The molecule has 0 radical (unpaired) electrons. The monoisotopic (exact) mass is 340 g/mol. The zero-order valence-electron chi connectivity index (χ0n) is 13.1. The smallest absolute Gasteiger partial charge is 0.254 e. The molecule has 2 aliphatic heterocycles. The van der Waals surface area contributed by atoms with E-state index >= 15 is 0 Å². The highest BCUT2D eigenvalue weighted by atomic mass is 32.2. The van der Waals surface area contributed by atoms with Crippen LogP contribution in [0.1, 0.15) is 23.7 Å². The predicted octanol–water partition coefficient (Wildman–Crippen LogP) is 1.16. The van der Waals surface area contributed by atoms with Gasteiger partial charge in [-0.2, -0.15) is 0 Å². The second kappa shape index (κ2) is 6.20. The number of rotatable bonds is 3. The van der Waals surface area contributed by atoms with E-state index in [1.165, 1.54) is 18.2 Å². The van der Waals surface area contributed by atoms with E-state index in [0.29, 0.717) is 13.1 Å². The van der Waals surface area contributed by atoms with E-state index in [2.05, 4.69) is 11.8 Å². The van der Waals surface area contributed by atoms with Crippen molar-refractivity contribution >= 4 is 15.7 Å². The largest absolute Gasteiger partial charge is 0.332 e. The van der Waals surface area contributed by atoms with Gasteiger partial charge in [0.25, 0.3) is 5.91 Å². The molecule has 0 aromatic heterocycles. The van der Waals surface area contributed by atoms with Crippen LogP contribution in [0.15, 0.2) is 24.3 Å². The first-order valence-corrected chi connectivity index (χ1v) is 9.74. The average Bonchev–Trinajstić information content (AvgIpc) is 2.82. The van der Waals surface area contributed by atoms with Crippen LogP contribution in [0.4, 0.5) is 4.39 Å². The molecule has 5 nitrogen and oxygen atoms in total. The Kier molecular flexibility index (Phi) is 4.42. The van der Waals surface area contributed by atoms with Gasteiger partial charge in [-0.3, -0.25) is 9.69 Å². The fourth-order valence-corrected chi connectivity index (χ4v) is 5.64. The third-order valence-electron chi connectivity index (χ3n) is 4.63. The minimum atomic E-state index is -3.15. The van der Waals surface area contributed by atoms with Crippen molar-refractivity contribution in [3.8, 4) is 0 Å². The lowest BCUT2D eigenvalue weighted by Gasteiger charge is -2.43. The Balaban J connectivity index is 1.87. The van der Waals surface area contributed by atoms with E-state index in [4.69, 9.17) is 0 Å². The highest BCUT2D eigenvalue weighted by Gasteiger charge is 2.47. The first-order valence-electron chi connectivity index (χ1n) is 7.92. The van der Waals surface area contributed by atoms with Gasteiger partial charge in [0.15, 0.2) is 9.84 Å². The van der Waals surface area contributed by atoms with Gasteiger partial charge in [-0.05, 0) is 31.2 Å². The topological polar surface area (TPSA) is 57.7 Å². The number of benzene rings is 1. The Morgan fingerprint density at radius 1 is 1.26 bits per heavy atom. The summed E-state index contributed by atoms with van der Waals surface area (Å²) in [6, 6.07) is 5.08. The third-order valence-corrected chi connectivity index (χ3v) is 6.33. The van der Waals surface area contributed by atoms with Gasteiger partial charge >= 0.3 is 0 Å². The van der Waals surface area contributed by atoms with Crippen LogP contribution in [0.25, 0.3) is 0 Å². The molecule has 0 saturated carbocycles. The fourth-order valence-electron chi connectivity index (χ4n) is 3.63. The highest BCUT2D eigenvalue weighted by molar-refractivity contribution is 7.91. The zero-order chi connectivity index (χ0) is 16.6. The maximum atomic E-state index is 13.4. The van der Waals surface area contributed by atoms with Crippen LogP contribution in [0.5, 0.6) is 0 Å². The standard InChI is InChI=1S/C16H21FN2O3S/c1-2-6-18-7-8-19(15-11-23(21,22)10-14(15)18)16(20)12-4-3-5-13(17)9-12/h3-5,9,14-15H,2,6-8,10-11H2,1H3/t14-,15+/m1/s1. The number of hydrogen-bond acceptors (Lipinski definition) is 4. The molecule has 3 rings (SSSR count). The number of piperazine rings is 1. The van der Waals surface area contributed by atoms with E-state index in [1.807, 2.05) is 0 Å². The summed E-state index contributed by atoms with van der Waals surface area (Å²) < 4.78 is 37.5.